The first kappa shape index (κ1) is 38.1. The number of benzene rings is 3. The van der Waals surface area contributed by atoms with Crippen molar-refractivity contribution >= 4 is 23.6 Å². The van der Waals surface area contributed by atoms with E-state index >= 15 is 0 Å². The molecule has 1 atom stereocenters. The number of carbonyl (C=O) groups is 2. The number of carbonyl (C=O) groups excluding carboxylic acids is 2. The second-order valence-electron chi connectivity index (χ2n) is 12.7. The van der Waals surface area contributed by atoms with Crippen molar-refractivity contribution in [2.45, 2.75) is 19.9 Å². The van der Waals surface area contributed by atoms with E-state index in [-0.39, 0.29) is 75.9 Å². The van der Waals surface area contributed by atoms with Gasteiger partial charge in [0, 0.05) is 35.8 Å². The van der Waals surface area contributed by atoms with Crippen LogP contribution in [0, 0.1) is 0 Å². The number of ether oxygens (including phenoxy) is 6. The molecule has 2 aliphatic heterocycles. The Morgan fingerprint density at radius 1 is 0.643 bits per heavy atom. The molecule has 0 unspecified atom stereocenters. The van der Waals surface area contributed by atoms with Gasteiger partial charge in [-0.05, 0) is 49.7 Å². The highest BCUT2D eigenvalue weighted by Gasteiger charge is 2.22. The maximum Gasteiger partial charge on any atom is 0.327 e. The number of aromatic nitrogens is 6. The Hall–Kier alpha value is -6.14. The number of Topliss-reactive ketones (excluding diaryl/α,β-unsaturated/α-hetero) is 1. The molecule has 56 heavy (non-hydrogen) atoms. The fourth-order valence-electron chi connectivity index (χ4n) is 5.72. The van der Waals surface area contributed by atoms with Gasteiger partial charge in [0.2, 0.25) is 11.9 Å². The third-order valence-electron chi connectivity index (χ3n) is 8.51. The van der Waals surface area contributed by atoms with E-state index in [1.54, 1.807) is 30.3 Å². The van der Waals surface area contributed by atoms with Gasteiger partial charge in [-0.25, -0.2) is 0 Å². The molecular formula is C39H41N9O8. The molecule has 0 spiro atoms. The van der Waals surface area contributed by atoms with Gasteiger partial charge < -0.3 is 44.4 Å². The number of fused-ring (bicyclic) bond motifs is 6. The Morgan fingerprint density at radius 2 is 1.20 bits per heavy atom. The Balaban J connectivity index is 1.34. The smallest absolute Gasteiger partial charge is 0.327 e. The molecule has 0 fully saturated rings. The van der Waals surface area contributed by atoms with E-state index in [1.807, 2.05) is 37.3 Å². The first-order valence-electron chi connectivity index (χ1n) is 18.2. The molecule has 4 heterocycles. The summed E-state index contributed by atoms with van der Waals surface area (Å²) in [6.07, 6.45) is 0. The molecule has 0 radical (unpaired) electrons. The summed E-state index contributed by atoms with van der Waals surface area (Å²) in [4.78, 5) is 54.4. The number of nitrogens with one attached hydrogen (secondary N) is 3. The highest BCUT2D eigenvalue weighted by molar-refractivity contribution is 5.97. The topological polar surface area (TPSA) is 203 Å². The predicted molar refractivity (Wildman–Crippen MR) is 203 cm³/mol. The highest BCUT2D eigenvalue weighted by Crippen LogP contribution is 2.34. The number of amides is 1. The summed E-state index contributed by atoms with van der Waals surface area (Å²) in [5.74, 6) is 0.522. The van der Waals surface area contributed by atoms with Gasteiger partial charge in [-0.1, -0.05) is 30.3 Å². The molecule has 290 valence electrons. The zero-order valence-electron chi connectivity index (χ0n) is 30.9. The van der Waals surface area contributed by atoms with Gasteiger partial charge in [-0.3, -0.25) is 9.59 Å². The maximum absolute atomic E-state index is 14.0. The van der Waals surface area contributed by atoms with Crippen LogP contribution in [0.3, 0.4) is 0 Å². The van der Waals surface area contributed by atoms with Crippen molar-refractivity contribution in [2.75, 3.05) is 76.6 Å². The second-order valence-corrected chi connectivity index (χ2v) is 12.7. The lowest BCUT2D eigenvalue weighted by Crippen LogP contribution is -2.26. The van der Waals surface area contributed by atoms with Crippen LogP contribution in [0.15, 0.2) is 66.7 Å². The maximum atomic E-state index is 14.0. The highest BCUT2D eigenvalue weighted by atomic mass is 16.6. The number of hydrogen-bond donors (Lipinski definition) is 3. The molecule has 17 heteroatoms. The summed E-state index contributed by atoms with van der Waals surface area (Å²) in [6.45, 7) is 7.09. The van der Waals surface area contributed by atoms with E-state index in [0.717, 1.165) is 5.56 Å². The monoisotopic (exact) mass is 763 g/mol. The first-order valence-corrected chi connectivity index (χ1v) is 18.2. The Kier molecular flexibility index (Phi) is 12.6. The van der Waals surface area contributed by atoms with Gasteiger partial charge in [0.05, 0.1) is 64.5 Å². The predicted octanol–water partition coefficient (Wildman–Crippen LogP) is 4.89. The quantitative estimate of drug-likeness (QED) is 0.205. The molecule has 3 aromatic carbocycles. The molecule has 3 N–H and O–H groups in total. The summed E-state index contributed by atoms with van der Waals surface area (Å²) in [5.41, 5.74) is 2.37. The van der Waals surface area contributed by atoms with E-state index < -0.39 is 0 Å². The minimum absolute atomic E-state index is 0.0549. The molecule has 7 rings (SSSR count). The van der Waals surface area contributed by atoms with Crippen LogP contribution in [0.25, 0.3) is 22.8 Å². The first-order chi connectivity index (χ1) is 27.4. The molecule has 17 nitrogen and oxygen atoms in total. The number of rotatable bonds is 4. The van der Waals surface area contributed by atoms with Crippen molar-refractivity contribution in [3.63, 3.8) is 0 Å². The minimum Gasteiger partial charge on any atom is -0.424 e. The van der Waals surface area contributed by atoms with Crippen molar-refractivity contribution in [1.82, 2.24) is 35.2 Å². The lowest BCUT2D eigenvalue weighted by Gasteiger charge is -2.17. The Bertz CT molecular complexity index is 2160. The van der Waals surface area contributed by atoms with E-state index in [9.17, 15) is 9.59 Å². The van der Waals surface area contributed by atoms with Gasteiger partial charge in [-0.2, -0.15) is 29.9 Å². The standard InChI is InChI=1S/C39H41N9O8/c1-24(26-6-4-3-5-7-26)42-35(50)29-21-27-20-28(22-29)34-44-37-41-11-13-52-15-17-54-19-18-53-16-14-51-12-10-40-36-43-33(27)45-38(47-36)55-30-8-9-31(25(2)49)32(23-30)56-39(46-34)48-37/h3-9,20-24H,10-19H2,1-2H3,(H,42,50)(H,40,43,45,47)(H,41,44,46,48)/t24-/m1/s1. The van der Waals surface area contributed by atoms with Gasteiger partial charge in [0.1, 0.15) is 11.5 Å². The largest absolute Gasteiger partial charge is 0.424 e. The fraction of sp³-hybridized carbons (Fsp3) is 0.333. The summed E-state index contributed by atoms with van der Waals surface area (Å²) in [5, 5.41) is 9.43. The number of anilines is 2. The Labute approximate surface area is 322 Å². The van der Waals surface area contributed by atoms with E-state index in [2.05, 4.69) is 35.9 Å². The summed E-state index contributed by atoms with van der Waals surface area (Å²) < 4.78 is 35.0. The van der Waals surface area contributed by atoms with Crippen LogP contribution in [0.2, 0.25) is 0 Å². The third kappa shape index (κ3) is 10.1. The minimum atomic E-state index is -0.356. The van der Waals surface area contributed by atoms with Crippen molar-refractivity contribution in [3.05, 3.63) is 83.4 Å². The summed E-state index contributed by atoms with van der Waals surface area (Å²) in [7, 11) is 0. The van der Waals surface area contributed by atoms with Crippen molar-refractivity contribution < 1.29 is 38.0 Å². The van der Waals surface area contributed by atoms with Crippen molar-refractivity contribution in [2.24, 2.45) is 0 Å². The molecule has 10 bridgehead atoms. The fourth-order valence-corrected chi connectivity index (χ4v) is 5.72. The van der Waals surface area contributed by atoms with Crippen LogP contribution in [0.1, 0.15) is 46.2 Å². The molecule has 2 aliphatic rings. The van der Waals surface area contributed by atoms with Crippen LogP contribution < -0.4 is 25.4 Å². The molecule has 0 aliphatic carbocycles. The molecule has 2 aromatic heterocycles. The third-order valence-corrected chi connectivity index (χ3v) is 8.51. The number of nitrogens with zero attached hydrogens (tertiary/aromatic N) is 6. The van der Waals surface area contributed by atoms with Crippen LogP contribution in [0.5, 0.6) is 23.5 Å². The lowest BCUT2D eigenvalue weighted by molar-refractivity contribution is 0.000283. The van der Waals surface area contributed by atoms with Crippen LogP contribution in [-0.4, -0.2) is 108 Å². The zero-order chi connectivity index (χ0) is 38.7. The molecule has 0 saturated heterocycles. The van der Waals surface area contributed by atoms with Gasteiger partial charge in [0.25, 0.3) is 5.91 Å². The number of ketones is 1. The average molecular weight is 764 g/mol. The van der Waals surface area contributed by atoms with E-state index in [4.69, 9.17) is 38.4 Å². The summed E-state index contributed by atoms with van der Waals surface area (Å²) in [6, 6.07) is 19.0. The van der Waals surface area contributed by atoms with Crippen molar-refractivity contribution in [1.29, 1.82) is 0 Å². The Morgan fingerprint density at radius 3 is 1.77 bits per heavy atom. The SMILES string of the molecule is CC(=O)c1ccc2cc1Oc1nc3nc(n1)-c1cc(C(=O)N[C@H](C)c4ccccc4)cc(c1)-c1nc(nc(n1)O2)NCCOCCOCCOCCOCCN3. The van der Waals surface area contributed by atoms with E-state index in [0.29, 0.717) is 77.1 Å². The van der Waals surface area contributed by atoms with Gasteiger partial charge >= 0.3 is 12.0 Å². The molecule has 1 amide bonds. The van der Waals surface area contributed by atoms with Crippen molar-refractivity contribution in [3.8, 4) is 46.3 Å². The van der Waals surface area contributed by atoms with Gasteiger partial charge in [-0.15, -0.1) is 0 Å². The van der Waals surface area contributed by atoms with Crippen LogP contribution >= 0.6 is 0 Å². The molecule has 5 aromatic rings. The molecular weight excluding hydrogens is 722 g/mol. The van der Waals surface area contributed by atoms with Gasteiger partial charge in [0.15, 0.2) is 17.4 Å². The number of hydrogen-bond acceptors (Lipinski definition) is 16. The average Bonchev–Trinajstić information content (AvgIpc) is 3.20. The van der Waals surface area contributed by atoms with E-state index in [1.165, 1.54) is 13.0 Å². The normalized spacial score (nSPS) is 15.7. The lowest BCUT2D eigenvalue weighted by atomic mass is 10.0. The second kappa shape index (κ2) is 18.5. The zero-order valence-corrected chi connectivity index (χ0v) is 30.9. The summed E-state index contributed by atoms with van der Waals surface area (Å²) >= 11 is 0. The molecule has 0 saturated carbocycles. The van der Waals surface area contributed by atoms with Crippen LogP contribution in [0.4, 0.5) is 11.9 Å². The van der Waals surface area contributed by atoms with Crippen LogP contribution in [-0.2, 0) is 18.9 Å².